The molecule has 0 unspecified atom stereocenters. The number of rotatable bonds is 6. The first-order valence-electron chi connectivity index (χ1n) is 8.82. The Morgan fingerprint density at radius 3 is 2.38 bits per heavy atom. The minimum Gasteiger partial charge on any atom is -0.489 e. The molecule has 0 spiro atoms. The molecule has 1 heterocycles. The largest absolute Gasteiger partial charge is 0.489 e. The predicted molar refractivity (Wildman–Crippen MR) is 110 cm³/mol. The number of ether oxygens (including phenoxy) is 1. The average Bonchev–Trinajstić information content (AvgIpc) is 3.15. The summed E-state index contributed by atoms with van der Waals surface area (Å²) in [6, 6.07) is 17.5. The number of nitrogens with one attached hydrogen (secondary N) is 2. The van der Waals surface area contributed by atoms with Crippen molar-refractivity contribution < 1.29 is 18.7 Å². The van der Waals surface area contributed by atoms with Crippen molar-refractivity contribution in [2.45, 2.75) is 13.5 Å². The Kier molecular flexibility index (Phi) is 6.71. The minimum absolute atomic E-state index is 0.358. The highest BCUT2D eigenvalue weighted by molar-refractivity contribution is 6.30. The van der Waals surface area contributed by atoms with Crippen LogP contribution in [0.2, 0.25) is 5.02 Å². The molecule has 148 valence electrons. The SMILES string of the molecule is Cc1ccc(/C=C/C(=O)NNC(=O)c2ccc(COc3ccc(Cl)cc3)cc2)o1. The molecule has 0 fully saturated rings. The highest BCUT2D eigenvalue weighted by atomic mass is 35.5. The summed E-state index contributed by atoms with van der Waals surface area (Å²) < 4.78 is 11.0. The second-order valence-electron chi connectivity index (χ2n) is 6.16. The van der Waals surface area contributed by atoms with E-state index in [4.69, 9.17) is 20.8 Å². The van der Waals surface area contributed by atoms with Crippen molar-refractivity contribution in [3.05, 3.63) is 94.4 Å². The van der Waals surface area contributed by atoms with Gasteiger partial charge in [0.25, 0.3) is 11.8 Å². The van der Waals surface area contributed by atoms with E-state index in [0.717, 1.165) is 11.3 Å². The van der Waals surface area contributed by atoms with E-state index in [1.54, 1.807) is 60.7 Å². The molecule has 0 saturated carbocycles. The van der Waals surface area contributed by atoms with E-state index >= 15 is 0 Å². The third-order valence-electron chi connectivity index (χ3n) is 3.89. The summed E-state index contributed by atoms with van der Waals surface area (Å²) in [5.41, 5.74) is 5.99. The van der Waals surface area contributed by atoms with Crippen LogP contribution < -0.4 is 15.6 Å². The van der Waals surface area contributed by atoms with Crippen LogP contribution in [0.4, 0.5) is 0 Å². The Morgan fingerprint density at radius 1 is 1.00 bits per heavy atom. The van der Waals surface area contributed by atoms with Gasteiger partial charge >= 0.3 is 0 Å². The van der Waals surface area contributed by atoms with Crippen molar-refractivity contribution in [1.82, 2.24) is 10.9 Å². The number of amides is 2. The van der Waals surface area contributed by atoms with Gasteiger partial charge in [-0.25, -0.2) is 0 Å². The van der Waals surface area contributed by atoms with Gasteiger partial charge in [0, 0.05) is 16.7 Å². The maximum Gasteiger partial charge on any atom is 0.269 e. The summed E-state index contributed by atoms with van der Waals surface area (Å²) in [4.78, 5) is 23.9. The van der Waals surface area contributed by atoms with E-state index in [2.05, 4.69) is 10.9 Å². The first-order chi connectivity index (χ1) is 14.0. The molecule has 0 atom stereocenters. The van der Waals surface area contributed by atoms with Crippen LogP contribution in [0.3, 0.4) is 0 Å². The molecule has 2 aromatic carbocycles. The van der Waals surface area contributed by atoms with E-state index in [0.29, 0.717) is 28.7 Å². The number of hydrazine groups is 1. The normalized spacial score (nSPS) is 10.7. The molecule has 0 aliphatic heterocycles. The molecule has 6 nitrogen and oxygen atoms in total. The summed E-state index contributed by atoms with van der Waals surface area (Å²) in [7, 11) is 0. The second kappa shape index (κ2) is 9.61. The van der Waals surface area contributed by atoms with Crippen molar-refractivity contribution in [3.8, 4) is 5.75 Å². The molecule has 0 radical (unpaired) electrons. The molecule has 1 aromatic heterocycles. The van der Waals surface area contributed by atoms with Crippen LogP contribution in [-0.4, -0.2) is 11.8 Å². The van der Waals surface area contributed by atoms with Crippen molar-refractivity contribution in [1.29, 1.82) is 0 Å². The maximum atomic E-state index is 12.1. The maximum absolute atomic E-state index is 12.1. The van der Waals surface area contributed by atoms with Gasteiger partial charge in [-0.2, -0.15) is 0 Å². The lowest BCUT2D eigenvalue weighted by Gasteiger charge is -2.08. The first-order valence-corrected chi connectivity index (χ1v) is 9.19. The van der Waals surface area contributed by atoms with Gasteiger partial charge in [0.05, 0.1) is 0 Å². The molecule has 2 N–H and O–H groups in total. The third kappa shape index (κ3) is 6.26. The summed E-state index contributed by atoms with van der Waals surface area (Å²) in [5, 5.41) is 0.645. The second-order valence-corrected chi connectivity index (χ2v) is 6.60. The fraction of sp³-hybridized carbons (Fsp3) is 0.0909. The summed E-state index contributed by atoms with van der Waals surface area (Å²) >= 11 is 5.84. The number of carbonyl (C=O) groups excluding carboxylic acids is 2. The zero-order valence-corrected chi connectivity index (χ0v) is 16.4. The fourth-order valence-corrected chi connectivity index (χ4v) is 2.51. The highest BCUT2D eigenvalue weighted by Gasteiger charge is 2.06. The van der Waals surface area contributed by atoms with Gasteiger partial charge in [-0.3, -0.25) is 20.4 Å². The Labute approximate surface area is 173 Å². The molecule has 7 heteroatoms. The molecule has 3 rings (SSSR count). The molecule has 3 aromatic rings. The van der Waals surface area contributed by atoms with Gasteiger partial charge in [-0.15, -0.1) is 0 Å². The first kappa shape index (κ1) is 20.2. The lowest BCUT2D eigenvalue weighted by atomic mass is 10.1. The summed E-state index contributed by atoms with van der Waals surface area (Å²) in [6.07, 6.45) is 2.79. The lowest BCUT2D eigenvalue weighted by molar-refractivity contribution is -0.117. The molecule has 0 aliphatic carbocycles. The molecule has 0 saturated heterocycles. The molecular weight excluding hydrogens is 392 g/mol. The monoisotopic (exact) mass is 410 g/mol. The van der Waals surface area contributed by atoms with Crippen LogP contribution in [0.5, 0.6) is 5.75 Å². The van der Waals surface area contributed by atoms with Gasteiger partial charge in [0.1, 0.15) is 23.9 Å². The minimum atomic E-state index is -0.472. The Bertz CT molecular complexity index is 1010. The van der Waals surface area contributed by atoms with E-state index in [-0.39, 0.29) is 0 Å². The molecule has 29 heavy (non-hydrogen) atoms. The molecule has 0 aliphatic rings. The Balaban J connectivity index is 1.46. The van der Waals surface area contributed by atoms with Crippen LogP contribution in [0.25, 0.3) is 6.08 Å². The number of benzene rings is 2. The number of halogens is 1. The zero-order valence-electron chi connectivity index (χ0n) is 15.6. The van der Waals surface area contributed by atoms with E-state index < -0.39 is 11.8 Å². The van der Waals surface area contributed by atoms with Gasteiger partial charge in [0.15, 0.2) is 0 Å². The van der Waals surface area contributed by atoms with Crippen molar-refractivity contribution >= 4 is 29.5 Å². The number of aryl methyl sites for hydroxylation is 1. The van der Waals surface area contributed by atoms with Crippen LogP contribution in [0, 0.1) is 6.92 Å². The predicted octanol–water partition coefficient (Wildman–Crippen LogP) is 4.29. The van der Waals surface area contributed by atoms with Crippen LogP contribution in [0.15, 0.2) is 71.2 Å². The van der Waals surface area contributed by atoms with Gasteiger partial charge in [0.2, 0.25) is 0 Å². The van der Waals surface area contributed by atoms with Crippen molar-refractivity contribution in [2.75, 3.05) is 0 Å². The van der Waals surface area contributed by atoms with Crippen molar-refractivity contribution in [2.24, 2.45) is 0 Å². The topological polar surface area (TPSA) is 80.6 Å². The fourth-order valence-electron chi connectivity index (χ4n) is 2.38. The Morgan fingerprint density at radius 2 is 1.72 bits per heavy atom. The lowest BCUT2D eigenvalue weighted by Crippen LogP contribution is -2.40. The quantitative estimate of drug-likeness (QED) is 0.469. The smallest absolute Gasteiger partial charge is 0.269 e. The van der Waals surface area contributed by atoms with Gasteiger partial charge < -0.3 is 9.15 Å². The van der Waals surface area contributed by atoms with Gasteiger partial charge in [-0.05, 0) is 67.1 Å². The zero-order chi connectivity index (χ0) is 20.6. The number of furan rings is 1. The third-order valence-corrected chi connectivity index (χ3v) is 4.15. The molecule has 0 bridgehead atoms. The number of carbonyl (C=O) groups is 2. The van der Waals surface area contributed by atoms with E-state index in [9.17, 15) is 9.59 Å². The molecular formula is C22H19ClN2O4. The summed E-state index contributed by atoms with van der Waals surface area (Å²) in [5.74, 6) is 1.11. The molecule has 2 amide bonds. The van der Waals surface area contributed by atoms with Crippen LogP contribution in [0.1, 0.15) is 27.4 Å². The number of hydrogen-bond donors (Lipinski definition) is 2. The average molecular weight is 411 g/mol. The van der Waals surface area contributed by atoms with E-state index in [1.807, 2.05) is 6.92 Å². The van der Waals surface area contributed by atoms with Crippen LogP contribution >= 0.6 is 11.6 Å². The van der Waals surface area contributed by atoms with Gasteiger partial charge in [-0.1, -0.05) is 23.7 Å². The highest BCUT2D eigenvalue weighted by Crippen LogP contribution is 2.17. The number of hydrogen-bond acceptors (Lipinski definition) is 4. The standard InChI is InChI=1S/C22H19ClN2O4/c1-15-2-9-20(29-15)12-13-21(26)24-25-22(27)17-5-3-16(4-6-17)14-28-19-10-7-18(23)8-11-19/h2-13H,14H2,1H3,(H,24,26)(H,25,27)/b13-12+. The Hall–Kier alpha value is -3.51. The summed E-state index contributed by atoms with van der Waals surface area (Å²) in [6.45, 7) is 2.17. The van der Waals surface area contributed by atoms with Crippen LogP contribution in [-0.2, 0) is 11.4 Å². The van der Waals surface area contributed by atoms with E-state index in [1.165, 1.54) is 12.2 Å². The van der Waals surface area contributed by atoms with Crippen molar-refractivity contribution in [3.63, 3.8) is 0 Å².